The molecular weight excluding hydrogens is 1110 g/mol. The van der Waals surface area contributed by atoms with E-state index in [2.05, 4.69) is 105 Å². The van der Waals surface area contributed by atoms with Gasteiger partial charge < -0.3 is 16.0 Å². The molecular formula is C68H73N21. The SMILES string of the molecule is Cn1cc(-c2cccc(-c3ncc(-c4ccn(C)n4)c(NC4CCCC4)n3)c2)cn1.Cn1cc(-c2cccc(-c3ncc(-c4cnn(C)c4)c(NC4CCC4)n3)c2)cn1.Cn1cc(-c2cccc(-c3ncc(-c4cnn(C)c4)c(NC4CCCC4)n3)c2)cn1. The summed E-state index contributed by atoms with van der Waals surface area (Å²) >= 11 is 0. The maximum atomic E-state index is 4.95. The highest BCUT2D eigenvalue weighted by molar-refractivity contribution is 5.79. The third-order valence-corrected chi connectivity index (χ3v) is 16.7. The normalized spacial score (nSPS) is 14.2. The quantitative estimate of drug-likeness (QED) is 0.0869. The summed E-state index contributed by atoms with van der Waals surface area (Å²) in [6.07, 6.45) is 40.4. The number of aromatic nitrogens is 18. The van der Waals surface area contributed by atoms with E-state index < -0.39 is 0 Å². The van der Waals surface area contributed by atoms with Crippen molar-refractivity contribution in [1.29, 1.82) is 0 Å². The summed E-state index contributed by atoms with van der Waals surface area (Å²) in [7, 11) is 11.5. The number of aryl methyl sites for hydroxylation is 6. The molecule has 0 unspecified atom stereocenters. The van der Waals surface area contributed by atoms with Crippen LogP contribution in [0.5, 0.6) is 0 Å². The lowest BCUT2D eigenvalue weighted by Crippen LogP contribution is -2.27. The van der Waals surface area contributed by atoms with Crippen LogP contribution in [-0.2, 0) is 42.3 Å². The molecule has 21 nitrogen and oxygen atoms in total. The maximum absolute atomic E-state index is 4.95. The summed E-state index contributed by atoms with van der Waals surface area (Å²) in [6, 6.07) is 28.3. The van der Waals surface area contributed by atoms with Crippen LogP contribution in [0.4, 0.5) is 17.5 Å². The molecule has 3 aromatic carbocycles. The molecule has 0 bridgehead atoms. The molecule has 0 amide bonds. The van der Waals surface area contributed by atoms with Crippen molar-refractivity contribution in [2.75, 3.05) is 16.0 Å². The Morgan fingerprint density at radius 1 is 0.326 bits per heavy atom. The highest BCUT2D eigenvalue weighted by Gasteiger charge is 2.24. The van der Waals surface area contributed by atoms with E-state index in [1.54, 1.807) is 14.0 Å². The largest absolute Gasteiger partial charge is 0.367 e. The summed E-state index contributed by atoms with van der Waals surface area (Å²) in [5.74, 6) is 4.75. The van der Waals surface area contributed by atoms with Crippen LogP contribution in [0.1, 0.15) is 70.6 Å². The molecule has 0 spiro atoms. The smallest absolute Gasteiger partial charge is 0.161 e. The Bertz CT molecular complexity index is 4180. The molecule has 0 radical (unpaired) electrons. The highest BCUT2D eigenvalue weighted by Crippen LogP contribution is 2.36. The molecule has 9 heterocycles. The molecule has 0 aliphatic heterocycles. The molecule has 9 aromatic heterocycles. The van der Waals surface area contributed by atoms with Crippen molar-refractivity contribution in [3.8, 4) is 101 Å². The lowest BCUT2D eigenvalue weighted by Gasteiger charge is -2.28. The van der Waals surface area contributed by atoms with Gasteiger partial charge in [0, 0.05) is 172 Å². The summed E-state index contributed by atoms with van der Waals surface area (Å²) in [4.78, 5) is 28.9. The van der Waals surface area contributed by atoms with Crippen molar-refractivity contribution in [2.45, 2.75) is 88.8 Å². The second-order valence-electron chi connectivity index (χ2n) is 23.5. The Labute approximate surface area is 517 Å². The molecule has 3 saturated carbocycles. The van der Waals surface area contributed by atoms with E-state index in [4.69, 9.17) is 19.9 Å². The predicted octanol–water partition coefficient (Wildman–Crippen LogP) is 12.5. The first kappa shape index (κ1) is 57.6. The van der Waals surface area contributed by atoms with Gasteiger partial charge in [-0.05, 0) is 85.9 Å². The van der Waals surface area contributed by atoms with Gasteiger partial charge in [-0.25, -0.2) is 29.9 Å². The van der Waals surface area contributed by atoms with Crippen LogP contribution >= 0.6 is 0 Å². The predicted molar refractivity (Wildman–Crippen MR) is 349 cm³/mol. The van der Waals surface area contributed by atoms with Gasteiger partial charge in [-0.1, -0.05) is 80.3 Å². The summed E-state index contributed by atoms with van der Waals surface area (Å²) in [6.45, 7) is 0. The summed E-state index contributed by atoms with van der Waals surface area (Å²) < 4.78 is 10.8. The number of benzene rings is 3. The first-order valence-corrected chi connectivity index (χ1v) is 30.6. The lowest BCUT2D eigenvalue weighted by molar-refractivity contribution is 0.444. The van der Waals surface area contributed by atoms with E-state index in [-0.39, 0.29) is 0 Å². The van der Waals surface area contributed by atoms with Gasteiger partial charge in [-0.3, -0.25) is 28.1 Å². The van der Waals surface area contributed by atoms with Gasteiger partial charge in [0.1, 0.15) is 17.5 Å². The minimum absolute atomic E-state index is 0.455. The van der Waals surface area contributed by atoms with E-state index in [9.17, 15) is 0 Å². The Hall–Kier alpha value is -10.4. The second-order valence-corrected chi connectivity index (χ2v) is 23.5. The van der Waals surface area contributed by atoms with Crippen LogP contribution in [0.15, 0.2) is 166 Å². The number of nitrogens with zero attached hydrogens (tertiary/aromatic N) is 18. The fourth-order valence-corrected chi connectivity index (χ4v) is 11.7. The minimum atomic E-state index is 0.455. The van der Waals surface area contributed by atoms with E-state index in [1.807, 2.05) is 173 Å². The molecule has 0 saturated heterocycles. The van der Waals surface area contributed by atoms with Crippen LogP contribution in [0, 0.1) is 0 Å². The molecule has 450 valence electrons. The maximum Gasteiger partial charge on any atom is 0.161 e. The Balaban J connectivity index is 0.000000123. The van der Waals surface area contributed by atoms with Gasteiger partial charge in [0.25, 0.3) is 0 Å². The lowest BCUT2D eigenvalue weighted by atomic mass is 9.93. The summed E-state index contributed by atoms with van der Waals surface area (Å²) in [5.41, 5.74) is 15.3. The number of rotatable bonds is 15. The van der Waals surface area contributed by atoms with E-state index >= 15 is 0 Å². The zero-order valence-corrected chi connectivity index (χ0v) is 51.1. The molecule has 15 rings (SSSR count). The highest BCUT2D eigenvalue weighted by atomic mass is 15.3. The fourth-order valence-electron chi connectivity index (χ4n) is 11.7. The van der Waals surface area contributed by atoms with Gasteiger partial charge in [0.15, 0.2) is 17.5 Å². The zero-order chi connectivity index (χ0) is 60.8. The number of anilines is 3. The van der Waals surface area contributed by atoms with Gasteiger partial charge in [0.05, 0.1) is 42.2 Å². The Morgan fingerprint density at radius 3 is 0.944 bits per heavy atom. The number of hydrogen-bond donors (Lipinski definition) is 3. The molecule has 3 aliphatic carbocycles. The van der Waals surface area contributed by atoms with Crippen LogP contribution in [0.2, 0.25) is 0 Å². The Morgan fingerprint density at radius 2 is 0.640 bits per heavy atom. The van der Waals surface area contributed by atoms with Crippen LogP contribution in [0.3, 0.4) is 0 Å². The van der Waals surface area contributed by atoms with E-state index in [1.165, 1.54) is 70.6 Å². The van der Waals surface area contributed by atoms with Crippen LogP contribution in [-0.4, -0.2) is 107 Å². The van der Waals surface area contributed by atoms with Crippen molar-refractivity contribution in [1.82, 2.24) is 88.6 Å². The molecule has 3 aliphatic rings. The molecule has 3 N–H and O–H groups in total. The standard InChI is InChI=1S/2C23H25N7.C22H23N7/c1-29-14-18(11-25-29)16-6-5-7-17(10-16)22-24-13-21(19-12-26-30(2)15-19)23(28-22)27-20-8-3-4-9-20;1-29-11-10-21(28-29)20-14-24-22(27-23(20)26-19-8-3-4-9-19)17-7-5-6-16(12-17)18-13-25-30(2)15-18;1-28-13-17(10-24-28)15-5-3-6-16(9-15)21-23-12-20(18-11-25-29(2)14-18)22(27-21)26-19-7-4-8-19/h5-7,10-15,20H,3-4,8-9H2,1-2H3,(H,24,27,28);5-7,10-15,19H,3-4,8-9H2,1-2H3,(H,24,26,27);3,5-6,9-14,19H,4,7-8H2,1-2H3,(H,23,26,27). The fraction of sp³-hybridized carbons (Fsp3) is 0.294. The average Bonchev–Trinajstić information content (AvgIpc) is 2.30. The average molecular weight is 1180 g/mol. The van der Waals surface area contributed by atoms with Crippen molar-refractivity contribution in [2.24, 2.45) is 42.3 Å². The molecule has 12 aromatic rings. The van der Waals surface area contributed by atoms with E-state index in [0.717, 1.165) is 101 Å². The van der Waals surface area contributed by atoms with Gasteiger partial charge >= 0.3 is 0 Å². The van der Waals surface area contributed by atoms with Crippen molar-refractivity contribution >= 4 is 17.5 Å². The third-order valence-electron chi connectivity index (χ3n) is 16.7. The summed E-state index contributed by atoms with van der Waals surface area (Å²) in [5, 5.41) is 37.0. The van der Waals surface area contributed by atoms with Crippen molar-refractivity contribution in [3.63, 3.8) is 0 Å². The zero-order valence-electron chi connectivity index (χ0n) is 51.1. The van der Waals surface area contributed by atoms with Crippen LogP contribution in [0.25, 0.3) is 101 Å². The van der Waals surface area contributed by atoms with Crippen molar-refractivity contribution < 1.29 is 0 Å². The monoisotopic (exact) mass is 1180 g/mol. The van der Waals surface area contributed by atoms with Gasteiger partial charge in [0.2, 0.25) is 0 Å². The minimum Gasteiger partial charge on any atom is -0.367 e. The first-order chi connectivity index (χ1) is 43.5. The molecule has 21 heteroatoms. The van der Waals surface area contributed by atoms with Crippen molar-refractivity contribution in [3.05, 3.63) is 166 Å². The third kappa shape index (κ3) is 13.6. The topological polar surface area (TPSA) is 220 Å². The first-order valence-electron chi connectivity index (χ1n) is 30.6. The van der Waals surface area contributed by atoms with Gasteiger partial charge in [-0.15, -0.1) is 0 Å². The number of nitrogens with one attached hydrogen (secondary N) is 3. The second kappa shape index (κ2) is 25.9. The molecule has 89 heavy (non-hydrogen) atoms. The van der Waals surface area contributed by atoms with Gasteiger partial charge in [-0.2, -0.15) is 30.6 Å². The molecule has 3 fully saturated rings. The van der Waals surface area contributed by atoms with Crippen LogP contribution < -0.4 is 16.0 Å². The number of hydrogen-bond acceptors (Lipinski definition) is 15. The molecule has 0 atom stereocenters. The Kier molecular flexibility index (Phi) is 16.8. The van der Waals surface area contributed by atoms with E-state index in [0.29, 0.717) is 35.6 Å².